The van der Waals surface area contributed by atoms with Gasteiger partial charge in [-0.25, -0.2) is 0 Å². The Hall–Kier alpha value is -7.35. The SMILES string of the molecule is N#Cc1ccc(-c2ccc(-c3ccc(-n4c5ccccc5c5c6oc7ccccc7c6ccc54)cc3-n3c4ccccc4c4ccccc43)cc2)cc1. The van der Waals surface area contributed by atoms with Crippen LogP contribution in [0.15, 0.2) is 180 Å². The molecule has 0 saturated heterocycles. The molecule has 0 fully saturated rings. The van der Waals surface area contributed by atoms with Gasteiger partial charge in [-0.3, -0.25) is 0 Å². The second-order valence-corrected chi connectivity index (χ2v) is 13.6. The summed E-state index contributed by atoms with van der Waals surface area (Å²) in [4.78, 5) is 0. The Morgan fingerprint density at radius 2 is 1.00 bits per heavy atom. The Kier molecular flexibility index (Phi) is 6.28. The van der Waals surface area contributed by atoms with Gasteiger partial charge in [0.05, 0.1) is 44.8 Å². The van der Waals surface area contributed by atoms with Gasteiger partial charge in [0.15, 0.2) is 0 Å². The Balaban J connectivity index is 1.18. The molecule has 0 atom stereocenters. The van der Waals surface area contributed by atoms with Crippen LogP contribution >= 0.6 is 0 Å². The molecule has 53 heavy (non-hydrogen) atoms. The van der Waals surface area contributed by atoms with Gasteiger partial charge in [-0.2, -0.15) is 5.26 Å². The molecule has 4 nitrogen and oxygen atoms in total. The molecule has 0 amide bonds. The number of fused-ring (bicyclic) bond motifs is 10. The van der Waals surface area contributed by atoms with E-state index in [1.54, 1.807) is 0 Å². The summed E-state index contributed by atoms with van der Waals surface area (Å²) in [5.74, 6) is 0. The minimum absolute atomic E-state index is 0.659. The van der Waals surface area contributed by atoms with Crippen molar-refractivity contribution in [2.75, 3.05) is 0 Å². The first-order valence-corrected chi connectivity index (χ1v) is 17.8. The first-order chi connectivity index (χ1) is 26.2. The van der Waals surface area contributed by atoms with Crippen molar-refractivity contribution in [3.8, 4) is 39.7 Å². The van der Waals surface area contributed by atoms with E-state index in [-0.39, 0.29) is 0 Å². The lowest BCUT2D eigenvalue weighted by atomic mass is 9.98. The van der Waals surface area contributed by atoms with E-state index in [1.165, 1.54) is 10.8 Å². The van der Waals surface area contributed by atoms with Gasteiger partial charge in [0.25, 0.3) is 0 Å². The average Bonchev–Trinajstić information content (AvgIpc) is 3.88. The van der Waals surface area contributed by atoms with Gasteiger partial charge in [0, 0.05) is 38.2 Å². The molecule has 3 aromatic heterocycles. The van der Waals surface area contributed by atoms with Crippen molar-refractivity contribution in [2.45, 2.75) is 0 Å². The molecule has 8 aromatic carbocycles. The lowest BCUT2D eigenvalue weighted by Gasteiger charge is -2.18. The number of nitrogens with zero attached hydrogens (tertiary/aromatic N) is 3. The molecule has 0 bridgehead atoms. The molecular formula is C49H29N3O. The van der Waals surface area contributed by atoms with Gasteiger partial charge < -0.3 is 13.6 Å². The molecule has 246 valence electrons. The summed E-state index contributed by atoms with van der Waals surface area (Å²) in [6, 6.07) is 64.4. The summed E-state index contributed by atoms with van der Waals surface area (Å²) in [5, 5.41) is 16.3. The summed E-state index contributed by atoms with van der Waals surface area (Å²) in [5.41, 5.74) is 13.6. The van der Waals surface area contributed by atoms with Crippen molar-refractivity contribution >= 4 is 65.6 Å². The molecule has 4 heteroatoms. The van der Waals surface area contributed by atoms with Crippen LogP contribution in [0.25, 0.3) is 99.2 Å². The largest absolute Gasteiger partial charge is 0.455 e. The highest BCUT2D eigenvalue weighted by molar-refractivity contribution is 6.24. The van der Waals surface area contributed by atoms with Gasteiger partial charge in [0.1, 0.15) is 11.2 Å². The van der Waals surface area contributed by atoms with Gasteiger partial charge >= 0.3 is 0 Å². The smallest absolute Gasteiger partial charge is 0.145 e. The lowest BCUT2D eigenvalue weighted by Crippen LogP contribution is -2.01. The van der Waals surface area contributed by atoms with Crippen LogP contribution in [0.3, 0.4) is 0 Å². The van der Waals surface area contributed by atoms with Crippen molar-refractivity contribution in [1.82, 2.24) is 9.13 Å². The second-order valence-electron chi connectivity index (χ2n) is 13.6. The van der Waals surface area contributed by atoms with Crippen molar-refractivity contribution in [1.29, 1.82) is 5.26 Å². The predicted octanol–water partition coefficient (Wildman–Crippen LogP) is 13.0. The van der Waals surface area contributed by atoms with Gasteiger partial charge in [0.2, 0.25) is 0 Å². The molecule has 0 N–H and O–H groups in total. The molecule has 0 radical (unpaired) electrons. The number of furan rings is 1. The summed E-state index contributed by atoms with van der Waals surface area (Å²) >= 11 is 0. The van der Waals surface area contributed by atoms with E-state index in [9.17, 15) is 5.26 Å². The normalized spacial score (nSPS) is 11.8. The van der Waals surface area contributed by atoms with Crippen LogP contribution in [0.2, 0.25) is 0 Å². The minimum atomic E-state index is 0.659. The third kappa shape index (κ3) is 4.35. The maximum Gasteiger partial charge on any atom is 0.145 e. The van der Waals surface area contributed by atoms with Crippen LogP contribution in [0.1, 0.15) is 5.56 Å². The van der Waals surface area contributed by atoms with Crippen LogP contribution in [-0.2, 0) is 0 Å². The zero-order valence-electron chi connectivity index (χ0n) is 28.5. The van der Waals surface area contributed by atoms with Crippen LogP contribution < -0.4 is 0 Å². The fourth-order valence-corrected chi connectivity index (χ4v) is 8.36. The molecule has 11 rings (SSSR count). The fraction of sp³-hybridized carbons (Fsp3) is 0. The molecule has 0 aliphatic rings. The highest BCUT2D eigenvalue weighted by Crippen LogP contribution is 2.42. The number of para-hydroxylation sites is 4. The summed E-state index contributed by atoms with van der Waals surface area (Å²) in [7, 11) is 0. The standard InChI is InChI=1S/C49H29N3O/c50-30-31-17-19-32(20-18-31)33-21-23-34(24-22-33)36-26-25-35(29-46(36)52-42-13-5-1-9-37(42)38-10-2-6-14-43(38)52)51-44-15-7-3-12-41(44)48-45(51)28-27-40-39-11-4-8-16-47(39)53-49(40)48/h1-29H. The first kappa shape index (κ1) is 29.4. The Morgan fingerprint density at radius 3 is 1.68 bits per heavy atom. The van der Waals surface area contributed by atoms with Crippen LogP contribution in [0, 0.1) is 11.3 Å². The van der Waals surface area contributed by atoms with E-state index in [2.05, 4.69) is 155 Å². The molecule has 0 aliphatic carbocycles. The maximum absolute atomic E-state index is 9.29. The highest BCUT2D eigenvalue weighted by atomic mass is 16.3. The fourth-order valence-electron chi connectivity index (χ4n) is 8.36. The molecule has 11 aromatic rings. The quantitative estimate of drug-likeness (QED) is 0.186. The number of nitriles is 1. The molecule has 0 unspecified atom stereocenters. The van der Waals surface area contributed by atoms with Crippen molar-refractivity contribution < 1.29 is 4.42 Å². The van der Waals surface area contributed by atoms with E-state index in [1.807, 2.05) is 36.4 Å². The summed E-state index contributed by atoms with van der Waals surface area (Å²) in [6.45, 7) is 0. The minimum Gasteiger partial charge on any atom is -0.455 e. The number of rotatable bonds is 4. The molecule has 3 heterocycles. The summed E-state index contributed by atoms with van der Waals surface area (Å²) < 4.78 is 11.4. The Labute approximate surface area is 304 Å². The Bertz CT molecular complexity index is 3220. The van der Waals surface area contributed by atoms with E-state index in [0.717, 1.165) is 88.4 Å². The van der Waals surface area contributed by atoms with Crippen molar-refractivity contribution in [3.63, 3.8) is 0 Å². The van der Waals surface area contributed by atoms with E-state index in [0.29, 0.717) is 5.56 Å². The molecular weight excluding hydrogens is 647 g/mol. The number of benzene rings is 8. The van der Waals surface area contributed by atoms with Gasteiger partial charge in [-0.1, -0.05) is 115 Å². The third-order valence-corrected chi connectivity index (χ3v) is 10.8. The van der Waals surface area contributed by atoms with E-state index in [4.69, 9.17) is 4.42 Å². The van der Waals surface area contributed by atoms with Crippen LogP contribution in [0.5, 0.6) is 0 Å². The van der Waals surface area contributed by atoms with E-state index >= 15 is 0 Å². The number of hydrogen-bond donors (Lipinski definition) is 0. The van der Waals surface area contributed by atoms with Crippen molar-refractivity contribution in [3.05, 3.63) is 181 Å². The molecule has 0 saturated carbocycles. The average molecular weight is 676 g/mol. The van der Waals surface area contributed by atoms with Gasteiger partial charge in [-0.15, -0.1) is 0 Å². The predicted molar refractivity (Wildman–Crippen MR) is 218 cm³/mol. The lowest BCUT2D eigenvalue weighted by molar-refractivity contribution is 0.673. The van der Waals surface area contributed by atoms with Crippen LogP contribution in [-0.4, -0.2) is 9.13 Å². The summed E-state index contributed by atoms with van der Waals surface area (Å²) in [6.07, 6.45) is 0. The molecule has 0 aliphatic heterocycles. The zero-order valence-corrected chi connectivity index (χ0v) is 28.5. The van der Waals surface area contributed by atoms with E-state index < -0.39 is 0 Å². The maximum atomic E-state index is 9.29. The molecule has 0 spiro atoms. The Morgan fingerprint density at radius 1 is 0.434 bits per heavy atom. The third-order valence-electron chi connectivity index (χ3n) is 10.8. The topological polar surface area (TPSA) is 46.8 Å². The van der Waals surface area contributed by atoms with Crippen LogP contribution in [0.4, 0.5) is 0 Å². The number of hydrogen-bond acceptors (Lipinski definition) is 2. The monoisotopic (exact) mass is 675 g/mol. The zero-order chi connectivity index (χ0) is 35.0. The van der Waals surface area contributed by atoms with Gasteiger partial charge in [-0.05, 0) is 77.4 Å². The number of aromatic nitrogens is 2. The van der Waals surface area contributed by atoms with Crippen molar-refractivity contribution in [2.24, 2.45) is 0 Å². The highest BCUT2D eigenvalue weighted by Gasteiger charge is 2.21. The first-order valence-electron chi connectivity index (χ1n) is 17.8. The second kappa shape index (κ2) is 11.3.